The summed E-state index contributed by atoms with van der Waals surface area (Å²) in [5.41, 5.74) is 3.04. The van der Waals surface area contributed by atoms with E-state index in [4.69, 9.17) is 11.6 Å². The number of benzene rings is 4. The van der Waals surface area contributed by atoms with E-state index in [-0.39, 0.29) is 35.5 Å². The summed E-state index contributed by atoms with van der Waals surface area (Å²) >= 11 is 6.31. The van der Waals surface area contributed by atoms with Gasteiger partial charge in [-0.1, -0.05) is 59.6 Å². The van der Waals surface area contributed by atoms with E-state index in [1.165, 1.54) is 54.6 Å². The van der Waals surface area contributed by atoms with Gasteiger partial charge in [-0.15, -0.1) is 0 Å². The molecule has 2 aliphatic heterocycles. The molecule has 4 aromatic rings. The molecule has 256 valence electrons. The van der Waals surface area contributed by atoms with Crippen molar-refractivity contribution in [2.24, 2.45) is 23.7 Å². The van der Waals surface area contributed by atoms with E-state index >= 15 is 4.79 Å². The number of nitrogens with one attached hydrogen (secondary N) is 1. The van der Waals surface area contributed by atoms with Gasteiger partial charge in [-0.2, -0.15) is 5.01 Å². The molecular formula is C39H29ClFN3O7. The van der Waals surface area contributed by atoms with Gasteiger partial charge in [0.25, 0.3) is 11.8 Å². The Morgan fingerprint density at radius 1 is 0.863 bits per heavy atom. The number of fused-ring (bicyclic) bond motifs is 4. The normalized spacial score (nSPS) is 26.8. The average Bonchev–Trinajstić information content (AvgIpc) is 3.50. The number of hydrazine groups is 1. The van der Waals surface area contributed by atoms with E-state index in [1.54, 1.807) is 42.5 Å². The topological polar surface area (TPSA) is 144 Å². The number of rotatable bonds is 6. The van der Waals surface area contributed by atoms with Crippen molar-refractivity contribution in [3.8, 4) is 5.75 Å². The van der Waals surface area contributed by atoms with Crippen molar-refractivity contribution in [3.63, 3.8) is 0 Å². The second kappa shape index (κ2) is 11.9. The molecule has 4 aliphatic rings. The lowest BCUT2D eigenvalue weighted by molar-refractivity contribution is -0.138. The highest BCUT2D eigenvalue weighted by Crippen LogP contribution is 2.65. The Morgan fingerprint density at radius 3 is 2.29 bits per heavy atom. The Bertz CT molecular complexity index is 2190. The number of carbonyl (C=O) groups is 5. The van der Waals surface area contributed by atoms with Gasteiger partial charge in [0.05, 0.1) is 40.1 Å². The largest absolute Gasteiger partial charge is 0.508 e. The van der Waals surface area contributed by atoms with E-state index in [1.807, 2.05) is 6.08 Å². The zero-order valence-electron chi connectivity index (χ0n) is 26.7. The van der Waals surface area contributed by atoms with Crippen LogP contribution in [-0.4, -0.2) is 44.8 Å². The summed E-state index contributed by atoms with van der Waals surface area (Å²) in [6.45, 7) is 0. The van der Waals surface area contributed by atoms with Crippen LogP contribution in [-0.2, 0) is 24.6 Å². The number of aromatic carboxylic acids is 1. The first-order valence-corrected chi connectivity index (χ1v) is 16.8. The first-order chi connectivity index (χ1) is 24.5. The van der Waals surface area contributed by atoms with Gasteiger partial charge in [0.2, 0.25) is 11.8 Å². The highest BCUT2D eigenvalue weighted by molar-refractivity contribution is 6.30. The van der Waals surface area contributed by atoms with Crippen molar-refractivity contribution in [3.05, 3.63) is 136 Å². The number of nitrogens with zero attached hydrogens (tertiary/aromatic N) is 2. The Kier molecular flexibility index (Phi) is 7.57. The summed E-state index contributed by atoms with van der Waals surface area (Å²) in [5.74, 6) is -8.53. The average molecular weight is 706 g/mol. The number of allylic oxidation sites excluding steroid dienone is 2. The molecule has 3 fully saturated rings. The number of halogens is 2. The number of imide groups is 2. The summed E-state index contributed by atoms with van der Waals surface area (Å²) in [7, 11) is 0. The third kappa shape index (κ3) is 4.79. The number of carboxylic acid groups (broad SMARTS) is 1. The third-order valence-electron chi connectivity index (χ3n) is 10.9. The number of phenolic OH excluding ortho intramolecular Hbond substituents is 1. The zero-order chi connectivity index (χ0) is 35.8. The van der Waals surface area contributed by atoms with Crippen molar-refractivity contribution >= 4 is 52.6 Å². The number of carbonyl (C=O) groups excluding carboxylic acids is 4. The summed E-state index contributed by atoms with van der Waals surface area (Å²) in [6, 6.07) is 23.9. The molecule has 0 radical (unpaired) electrons. The van der Waals surface area contributed by atoms with Gasteiger partial charge in [0.1, 0.15) is 11.6 Å². The number of carboxylic acids is 1. The van der Waals surface area contributed by atoms with Crippen LogP contribution in [0.4, 0.5) is 15.8 Å². The van der Waals surface area contributed by atoms with Crippen LogP contribution in [0.1, 0.15) is 40.2 Å². The van der Waals surface area contributed by atoms with Gasteiger partial charge in [-0.25, -0.2) is 9.18 Å². The quantitative estimate of drug-likeness (QED) is 0.162. The second-order valence-electron chi connectivity index (χ2n) is 13.3. The zero-order valence-corrected chi connectivity index (χ0v) is 27.5. The monoisotopic (exact) mass is 705 g/mol. The molecule has 12 heteroatoms. The number of phenols is 1. The maximum atomic E-state index is 15.1. The number of para-hydroxylation sites is 1. The molecule has 4 aromatic carbocycles. The van der Waals surface area contributed by atoms with E-state index < -0.39 is 70.4 Å². The summed E-state index contributed by atoms with van der Waals surface area (Å²) in [5, 5.41) is 22.3. The van der Waals surface area contributed by atoms with Crippen molar-refractivity contribution in [2.75, 3.05) is 10.3 Å². The molecule has 51 heavy (non-hydrogen) atoms. The van der Waals surface area contributed by atoms with Gasteiger partial charge >= 0.3 is 5.97 Å². The molecule has 2 aliphatic carbocycles. The lowest BCUT2D eigenvalue weighted by Crippen LogP contribution is -2.53. The van der Waals surface area contributed by atoms with Crippen LogP contribution >= 0.6 is 11.6 Å². The molecule has 3 N–H and O–H groups in total. The van der Waals surface area contributed by atoms with Crippen molar-refractivity contribution < 1.29 is 38.6 Å². The molecule has 0 aromatic heterocycles. The smallest absolute Gasteiger partial charge is 0.335 e. The van der Waals surface area contributed by atoms with Gasteiger partial charge in [0, 0.05) is 16.5 Å². The minimum atomic E-state index is -1.64. The van der Waals surface area contributed by atoms with Crippen molar-refractivity contribution in [1.29, 1.82) is 0 Å². The summed E-state index contributed by atoms with van der Waals surface area (Å²) in [6.07, 6.45) is 2.00. The number of hydrogen-bond donors (Lipinski definition) is 3. The molecule has 6 atom stereocenters. The van der Waals surface area contributed by atoms with Crippen LogP contribution in [0.2, 0.25) is 5.02 Å². The fourth-order valence-corrected chi connectivity index (χ4v) is 8.89. The van der Waals surface area contributed by atoms with Gasteiger partial charge in [-0.3, -0.25) is 29.5 Å². The van der Waals surface area contributed by atoms with Crippen LogP contribution < -0.4 is 10.3 Å². The van der Waals surface area contributed by atoms with Crippen LogP contribution in [0.25, 0.3) is 0 Å². The number of aromatic hydroxyl groups is 1. The minimum Gasteiger partial charge on any atom is -0.508 e. The third-order valence-corrected chi connectivity index (χ3v) is 11.1. The number of anilines is 2. The lowest BCUT2D eigenvalue weighted by atomic mass is 9.49. The predicted octanol–water partition coefficient (Wildman–Crippen LogP) is 6.07. The molecule has 2 heterocycles. The fraction of sp³-hybridized carbons (Fsp3) is 0.205. The van der Waals surface area contributed by atoms with E-state index in [9.17, 15) is 33.8 Å². The molecule has 10 nitrogen and oxygen atoms in total. The van der Waals surface area contributed by atoms with Gasteiger partial charge < -0.3 is 10.2 Å². The molecule has 0 unspecified atom stereocenters. The van der Waals surface area contributed by atoms with E-state index in [0.29, 0.717) is 21.7 Å². The van der Waals surface area contributed by atoms with Crippen LogP contribution in [0, 0.1) is 29.5 Å². The fourth-order valence-electron chi connectivity index (χ4n) is 8.76. The minimum absolute atomic E-state index is 0.00786. The maximum absolute atomic E-state index is 15.1. The molecule has 0 spiro atoms. The van der Waals surface area contributed by atoms with Crippen LogP contribution in [0.15, 0.2) is 109 Å². The Morgan fingerprint density at radius 2 is 1.59 bits per heavy atom. The first kappa shape index (κ1) is 32.4. The molecule has 8 rings (SSSR count). The number of hydrogen-bond acceptors (Lipinski definition) is 7. The molecular weight excluding hydrogens is 677 g/mol. The highest BCUT2D eigenvalue weighted by Gasteiger charge is 2.70. The second-order valence-corrected chi connectivity index (χ2v) is 13.7. The van der Waals surface area contributed by atoms with E-state index in [2.05, 4.69) is 5.43 Å². The highest BCUT2D eigenvalue weighted by atomic mass is 35.5. The SMILES string of the molecule is O=C(O)c1cccc(N2C(=O)[C@H]3[C@H](CC=C4[C@H]3C[C@H]3C(=O)N(Nc5ccc(F)cc5)C(=O)[C@@]3(c3ccc(Cl)cc3)[C@H]4c3ccccc3O)C2=O)c1. The molecule has 4 amide bonds. The summed E-state index contributed by atoms with van der Waals surface area (Å²) in [4.78, 5) is 70.9. The Hall–Kier alpha value is -5.81. The standard InChI is InChI=1S/C39H29ClFN3O7/c40-22-10-8-21(9-11-22)39-30(35(47)44(38(39)51)42-24-14-12-23(41)13-15-24)19-29-26(33(39)27-6-1-2-7-31(27)45)16-17-28-32(29)36(48)43(34(28)46)25-5-3-4-20(18-25)37(49)50/h1-16,18,28-30,32-33,42,45H,17,19H2,(H,49,50)/t28-,29+,30-,32-,33+,39+/m0/s1. The van der Waals surface area contributed by atoms with Crippen molar-refractivity contribution in [1.82, 2.24) is 5.01 Å². The van der Waals surface area contributed by atoms with Crippen LogP contribution in [0.5, 0.6) is 5.75 Å². The van der Waals surface area contributed by atoms with Crippen molar-refractivity contribution in [2.45, 2.75) is 24.2 Å². The molecule has 0 bridgehead atoms. The molecule has 2 saturated heterocycles. The van der Waals surface area contributed by atoms with Gasteiger partial charge in [0.15, 0.2) is 0 Å². The summed E-state index contributed by atoms with van der Waals surface area (Å²) < 4.78 is 13.8. The number of amides is 4. The predicted molar refractivity (Wildman–Crippen MR) is 183 cm³/mol. The lowest BCUT2D eigenvalue weighted by Gasteiger charge is -2.50. The van der Waals surface area contributed by atoms with Crippen LogP contribution in [0.3, 0.4) is 0 Å². The van der Waals surface area contributed by atoms with Gasteiger partial charge in [-0.05, 0) is 85.0 Å². The first-order valence-electron chi connectivity index (χ1n) is 16.4. The Balaban J connectivity index is 1.31. The molecule has 1 saturated carbocycles. The van der Waals surface area contributed by atoms with E-state index in [0.717, 1.165) is 9.91 Å². The Labute approximate surface area is 295 Å². The maximum Gasteiger partial charge on any atom is 0.335 e.